The van der Waals surface area contributed by atoms with Gasteiger partial charge in [0, 0.05) is 23.6 Å². The summed E-state index contributed by atoms with van der Waals surface area (Å²) in [4.78, 5) is 13.7. The van der Waals surface area contributed by atoms with Gasteiger partial charge in [0.25, 0.3) is 0 Å². The average Bonchev–Trinajstić information content (AvgIpc) is 2.63. The highest BCUT2D eigenvalue weighted by Crippen LogP contribution is 2.33. The Morgan fingerprint density at radius 2 is 2.50 bits per heavy atom. The van der Waals surface area contributed by atoms with Crippen LogP contribution in [0.4, 0.5) is 0 Å². The molecule has 0 spiro atoms. The zero-order valence-corrected chi connectivity index (χ0v) is 8.41. The van der Waals surface area contributed by atoms with Gasteiger partial charge in [-0.25, -0.2) is 0 Å². The summed E-state index contributed by atoms with van der Waals surface area (Å²) in [6.45, 7) is 1.46. The topological polar surface area (TPSA) is 44.1 Å². The fourth-order valence-corrected chi connectivity index (χ4v) is 2.31. The maximum Gasteiger partial charge on any atom is 0.224 e. The van der Waals surface area contributed by atoms with Crippen LogP contribution in [0.5, 0.6) is 0 Å². The van der Waals surface area contributed by atoms with Crippen LogP contribution in [0.3, 0.4) is 0 Å². The van der Waals surface area contributed by atoms with Gasteiger partial charge in [-0.05, 0) is 17.5 Å². The molecule has 1 aliphatic heterocycles. The van der Waals surface area contributed by atoms with E-state index in [-0.39, 0.29) is 5.91 Å². The van der Waals surface area contributed by atoms with Crippen LogP contribution >= 0.6 is 11.3 Å². The molecule has 0 N–H and O–H groups in total. The van der Waals surface area contributed by atoms with Crippen LogP contribution < -0.4 is 0 Å². The fraction of sp³-hybridized carbons (Fsp3) is 0.200. The van der Waals surface area contributed by atoms with Crippen LogP contribution in [0.15, 0.2) is 17.6 Å². The summed E-state index contributed by atoms with van der Waals surface area (Å²) in [7, 11) is 0. The van der Waals surface area contributed by atoms with Crippen molar-refractivity contribution in [2.45, 2.75) is 13.0 Å². The molecule has 70 valence electrons. The van der Waals surface area contributed by atoms with Crippen molar-refractivity contribution in [2.24, 2.45) is 0 Å². The van der Waals surface area contributed by atoms with Crippen LogP contribution in [0, 0.1) is 11.3 Å². The van der Waals surface area contributed by atoms with Crippen molar-refractivity contribution in [3.63, 3.8) is 0 Å². The van der Waals surface area contributed by atoms with E-state index >= 15 is 0 Å². The van der Waals surface area contributed by atoms with Gasteiger partial charge in [0.15, 0.2) is 0 Å². The van der Waals surface area contributed by atoms with E-state index < -0.39 is 6.04 Å². The zero-order chi connectivity index (χ0) is 10.1. The third-order valence-corrected chi connectivity index (χ3v) is 3.07. The molecule has 1 atom stereocenters. The van der Waals surface area contributed by atoms with E-state index in [4.69, 9.17) is 5.26 Å². The van der Waals surface area contributed by atoms with E-state index in [1.165, 1.54) is 11.8 Å². The molecule has 2 rings (SSSR count). The molecule has 2 heterocycles. The summed E-state index contributed by atoms with van der Waals surface area (Å²) < 4.78 is 0. The first-order chi connectivity index (χ1) is 6.74. The van der Waals surface area contributed by atoms with Gasteiger partial charge in [-0.1, -0.05) is 0 Å². The minimum absolute atomic E-state index is 0.107. The number of carbonyl (C=O) groups is 1. The second-order valence-electron chi connectivity index (χ2n) is 3.01. The highest BCUT2D eigenvalue weighted by molar-refractivity contribution is 7.11. The Hall–Kier alpha value is -1.60. The molecule has 0 saturated carbocycles. The highest BCUT2D eigenvalue weighted by atomic mass is 32.1. The lowest BCUT2D eigenvalue weighted by atomic mass is 10.1. The van der Waals surface area contributed by atoms with E-state index in [0.717, 1.165) is 10.4 Å². The number of nitriles is 1. The van der Waals surface area contributed by atoms with Gasteiger partial charge in [0.1, 0.15) is 6.04 Å². The number of amides is 1. The molecule has 1 aliphatic rings. The molecule has 0 saturated heterocycles. The second-order valence-corrected chi connectivity index (χ2v) is 3.96. The smallest absolute Gasteiger partial charge is 0.224 e. The maximum absolute atomic E-state index is 11.2. The third-order valence-electron chi connectivity index (χ3n) is 2.17. The van der Waals surface area contributed by atoms with Gasteiger partial charge in [-0.3, -0.25) is 9.69 Å². The van der Waals surface area contributed by atoms with Gasteiger partial charge < -0.3 is 0 Å². The standard InChI is InChI=1S/C10H8N2OS/c1-7(13)12-4-2-10-8(3-5-14-10)9(12)6-11/h2-5,9H,1H3. The van der Waals surface area contributed by atoms with Gasteiger partial charge in [-0.15, -0.1) is 11.3 Å². The summed E-state index contributed by atoms with van der Waals surface area (Å²) in [6, 6.07) is 3.57. The van der Waals surface area contributed by atoms with E-state index in [1.807, 2.05) is 17.5 Å². The zero-order valence-electron chi connectivity index (χ0n) is 7.60. The molecule has 0 aliphatic carbocycles. The van der Waals surface area contributed by atoms with Gasteiger partial charge in [0.2, 0.25) is 5.91 Å². The third kappa shape index (κ3) is 1.22. The predicted molar refractivity (Wildman–Crippen MR) is 54.2 cm³/mol. The van der Waals surface area contributed by atoms with Crippen LogP contribution in [0.2, 0.25) is 0 Å². The normalized spacial score (nSPS) is 18.9. The molecule has 3 nitrogen and oxygen atoms in total. The Morgan fingerprint density at radius 3 is 3.14 bits per heavy atom. The molecule has 1 aromatic heterocycles. The number of nitrogens with zero attached hydrogens (tertiary/aromatic N) is 2. The number of carbonyl (C=O) groups excluding carboxylic acids is 1. The van der Waals surface area contributed by atoms with Gasteiger partial charge in [0.05, 0.1) is 6.07 Å². The van der Waals surface area contributed by atoms with E-state index in [2.05, 4.69) is 6.07 Å². The van der Waals surface area contributed by atoms with E-state index in [1.54, 1.807) is 17.5 Å². The van der Waals surface area contributed by atoms with Crippen molar-refractivity contribution >= 4 is 23.3 Å². The van der Waals surface area contributed by atoms with Crippen molar-refractivity contribution in [1.29, 1.82) is 5.26 Å². The summed E-state index contributed by atoms with van der Waals surface area (Å²) in [5.74, 6) is -0.107. The van der Waals surface area contributed by atoms with E-state index in [0.29, 0.717) is 0 Å². The Balaban J connectivity index is 2.47. The summed E-state index contributed by atoms with van der Waals surface area (Å²) in [5.41, 5.74) is 0.926. The summed E-state index contributed by atoms with van der Waals surface area (Å²) >= 11 is 1.58. The molecule has 1 unspecified atom stereocenters. The predicted octanol–water partition coefficient (Wildman–Crippen LogP) is 2.15. The lowest BCUT2D eigenvalue weighted by molar-refractivity contribution is -0.127. The molecule has 1 aromatic rings. The van der Waals surface area contributed by atoms with Crippen molar-refractivity contribution in [3.05, 3.63) is 28.1 Å². The molecule has 14 heavy (non-hydrogen) atoms. The van der Waals surface area contributed by atoms with Gasteiger partial charge in [-0.2, -0.15) is 5.26 Å². The van der Waals surface area contributed by atoms with Crippen LogP contribution in [0.25, 0.3) is 6.08 Å². The Labute approximate surface area is 85.9 Å². The van der Waals surface area contributed by atoms with Crippen LogP contribution in [-0.2, 0) is 4.79 Å². The average molecular weight is 204 g/mol. The molecule has 0 fully saturated rings. The van der Waals surface area contributed by atoms with Crippen LogP contribution in [0.1, 0.15) is 23.4 Å². The molecule has 0 radical (unpaired) electrons. The minimum Gasteiger partial charge on any atom is -0.298 e. The first-order valence-electron chi connectivity index (χ1n) is 4.18. The Kier molecular flexibility index (Phi) is 2.10. The van der Waals surface area contributed by atoms with Crippen molar-refractivity contribution in [1.82, 2.24) is 4.90 Å². The molecule has 4 heteroatoms. The first-order valence-corrected chi connectivity index (χ1v) is 5.06. The first kappa shape index (κ1) is 8.97. The fourth-order valence-electron chi connectivity index (χ4n) is 1.49. The lowest BCUT2D eigenvalue weighted by Gasteiger charge is -2.25. The number of thiophene rings is 1. The number of fused-ring (bicyclic) bond motifs is 1. The Bertz CT molecular complexity index is 441. The van der Waals surface area contributed by atoms with E-state index in [9.17, 15) is 4.79 Å². The number of rotatable bonds is 0. The Morgan fingerprint density at radius 1 is 1.71 bits per heavy atom. The molecule has 0 aromatic carbocycles. The molecule has 0 bridgehead atoms. The minimum atomic E-state index is -0.459. The van der Waals surface area contributed by atoms with Crippen molar-refractivity contribution < 1.29 is 4.79 Å². The monoisotopic (exact) mass is 204 g/mol. The number of hydrogen-bond donors (Lipinski definition) is 0. The quantitative estimate of drug-likeness (QED) is 0.650. The SMILES string of the molecule is CC(=O)N1C=Cc2sccc2C1C#N. The number of hydrogen-bond acceptors (Lipinski definition) is 3. The van der Waals surface area contributed by atoms with Crippen molar-refractivity contribution in [3.8, 4) is 6.07 Å². The summed E-state index contributed by atoms with van der Waals surface area (Å²) in [6.07, 6.45) is 3.55. The van der Waals surface area contributed by atoms with Crippen molar-refractivity contribution in [2.75, 3.05) is 0 Å². The molecular weight excluding hydrogens is 196 g/mol. The molecular formula is C10H8N2OS. The largest absolute Gasteiger partial charge is 0.298 e. The van der Waals surface area contributed by atoms with Crippen LogP contribution in [-0.4, -0.2) is 10.8 Å². The maximum atomic E-state index is 11.2. The second kappa shape index (κ2) is 3.28. The summed E-state index contributed by atoms with van der Waals surface area (Å²) in [5, 5.41) is 10.9. The lowest BCUT2D eigenvalue weighted by Crippen LogP contribution is -2.28. The molecule has 1 amide bonds. The highest BCUT2D eigenvalue weighted by Gasteiger charge is 2.26. The van der Waals surface area contributed by atoms with Gasteiger partial charge >= 0.3 is 0 Å².